The van der Waals surface area contributed by atoms with Crippen LogP contribution in [0.25, 0.3) is 0 Å². The first-order chi connectivity index (χ1) is 6.43. The lowest BCUT2D eigenvalue weighted by atomic mass is 10.0. The molecule has 84 valence electrons. The monoisotopic (exact) mass is 198 g/mol. The molecule has 0 aliphatic rings. The molecule has 0 fully saturated rings. The van der Waals surface area contributed by atoms with Crippen LogP contribution in [0.5, 0.6) is 0 Å². The lowest BCUT2D eigenvalue weighted by Gasteiger charge is -2.11. The van der Waals surface area contributed by atoms with E-state index in [4.69, 9.17) is 5.73 Å². The molecule has 2 nitrogen and oxygen atoms in total. The first-order valence-corrected chi connectivity index (χ1v) is 5.76. The molecule has 0 aliphatic heterocycles. The molecule has 0 spiro atoms. The summed E-state index contributed by atoms with van der Waals surface area (Å²) in [5.74, 6) is 1.97. The molecule has 1 unspecified atom stereocenters. The number of rotatable bonds is 6. The van der Waals surface area contributed by atoms with Gasteiger partial charge in [0.2, 0.25) is 0 Å². The molecule has 2 N–H and O–H groups in total. The Bertz CT molecular complexity index is 171. The van der Waals surface area contributed by atoms with Crippen LogP contribution in [0.1, 0.15) is 53.9 Å². The minimum Gasteiger partial charge on any atom is -0.387 e. The highest BCUT2D eigenvalue weighted by molar-refractivity contribution is 5.82. The second kappa shape index (κ2) is 6.86. The molecular weight excluding hydrogens is 172 g/mol. The summed E-state index contributed by atoms with van der Waals surface area (Å²) >= 11 is 0. The Morgan fingerprint density at radius 3 is 2.07 bits per heavy atom. The van der Waals surface area contributed by atoms with Crippen molar-refractivity contribution in [3.8, 4) is 0 Å². The smallest absolute Gasteiger partial charge is 0.0966 e. The molecule has 2 heteroatoms. The van der Waals surface area contributed by atoms with Gasteiger partial charge in [-0.3, -0.25) is 4.99 Å². The van der Waals surface area contributed by atoms with E-state index in [1.807, 2.05) is 0 Å². The van der Waals surface area contributed by atoms with Gasteiger partial charge in [0.05, 0.1) is 5.84 Å². The Morgan fingerprint density at radius 1 is 1.07 bits per heavy atom. The molecule has 0 amide bonds. The van der Waals surface area contributed by atoms with Crippen molar-refractivity contribution in [1.29, 1.82) is 0 Å². The molecule has 0 saturated heterocycles. The van der Waals surface area contributed by atoms with E-state index in [1.165, 1.54) is 12.8 Å². The minimum atomic E-state index is 0.377. The third-order valence-corrected chi connectivity index (χ3v) is 2.36. The number of hydrogen-bond acceptors (Lipinski definition) is 1. The second-order valence-corrected chi connectivity index (χ2v) is 4.88. The van der Waals surface area contributed by atoms with Gasteiger partial charge < -0.3 is 5.73 Å². The summed E-state index contributed by atoms with van der Waals surface area (Å²) < 4.78 is 0. The predicted molar refractivity (Wildman–Crippen MR) is 64.6 cm³/mol. The number of nitrogens with two attached hydrogens (primary N) is 1. The van der Waals surface area contributed by atoms with Gasteiger partial charge in [0.25, 0.3) is 0 Å². The summed E-state index contributed by atoms with van der Waals surface area (Å²) in [7, 11) is 0. The van der Waals surface area contributed by atoms with Crippen molar-refractivity contribution in [1.82, 2.24) is 0 Å². The highest BCUT2D eigenvalue weighted by Crippen LogP contribution is 2.10. The van der Waals surface area contributed by atoms with E-state index in [-0.39, 0.29) is 0 Å². The van der Waals surface area contributed by atoms with Gasteiger partial charge in [-0.2, -0.15) is 0 Å². The highest BCUT2D eigenvalue weighted by atomic mass is 14.9. The van der Waals surface area contributed by atoms with Gasteiger partial charge in [0.15, 0.2) is 0 Å². The van der Waals surface area contributed by atoms with Gasteiger partial charge in [0.1, 0.15) is 0 Å². The van der Waals surface area contributed by atoms with Gasteiger partial charge in [-0.1, -0.05) is 40.5 Å². The van der Waals surface area contributed by atoms with Crippen molar-refractivity contribution in [2.45, 2.75) is 59.9 Å². The van der Waals surface area contributed by atoms with Crippen molar-refractivity contribution >= 4 is 5.84 Å². The van der Waals surface area contributed by atoms with E-state index < -0.39 is 0 Å². The SMILES string of the molecule is CC(C)CCCC(C)N=C(N)C(C)C. The molecule has 0 radical (unpaired) electrons. The van der Waals surface area contributed by atoms with Gasteiger partial charge in [-0.05, 0) is 19.3 Å². The molecule has 0 aliphatic carbocycles. The Hall–Kier alpha value is -0.530. The molecular formula is C12H26N2. The van der Waals surface area contributed by atoms with Crippen LogP contribution in [0.4, 0.5) is 0 Å². The van der Waals surface area contributed by atoms with Crippen molar-refractivity contribution in [3.63, 3.8) is 0 Å². The first-order valence-electron chi connectivity index (χ1n) is 5.76. The lowest BCUT2D eigenvalue weighted by molar-refractivity contribution is 0.510. The van der Waals surface area contributed by atoms with E-state index in [9.17, 15) is 0 Å². The number of aliphatic imine (C=N–C) groups is 1. The number of amidine groups is 1. The van der Waals surface area contributed by atoms with E-state index in [0.29, 0.717) is 12.0 Å². The van der Waals surface area contributed by atoms with Gasteiger partial charge in [0, 0.05) is 12.0 Å². The van der Waals surface area contributed by atoms with Crippen LogP contribution in [-0.4, -0.2) is 11.9 Å². The van der Waals surface area contributed by atoms with Crippen LogP contribution >= 0.6 is 0 Å². The number of hydrogen-bond donors (Lipinski definition) is 1. The fourth-order valence-electron chi connectivity index (χ4n) is 1.29. The molecule has 0 aromatic rings. The summed E-state index contributed by atoms with van der Waals surface area (Å²) in [6.07, 6.45) is 3.71. The topological polar surface area (TPSA) is 38.4 Å². The maximum absolute atomic E-state index is 5.80. The van der Waals surface area contributed by atoms with Crippen LogP contribution in [-0.2, 0) is 0 Å². The molecule has 14 heavy (non-hydrogen) atoms. The maximum atomic E-state index is 5.80. The van der Waals surface area contributed by atoms with Gasteiger partial charge >= 0.3 is 0 Å². The Labute approximate surface area is 89.0 Å². The average molecular weight is 198 g/mol. The zero-order valence-corrected chi connectivity index (χ0v) is 10.4. The quantitative estimate of drug-likeness (QED) is 0.516. The Morgan fingerprint density at radius 2 is 1.64 bits per heavy atom. The molecule has 0 rings (SSSR count). The highest BCUT2D eigenvalue weighted by Gasteiger charge is 2.04. The summed E-state index contributed by atoms with van der Waals surface area (Å²) in [6.45, 7) is 10.8. The normalized spacial score (nSPS) is 15.2. The average Bonchev–Trinajstić information content (AvgIpc) is 2.02. The molecule has 1 atom stereocenters. The van der Waals surface area contributed by atoms with E-state index in [0.717, 1.165) is 18.2 Å². The molecule has 0 saturated carbocycles. The molecule has 0 heterocycles. The summed E-state index contributed by atoms with van der Waals surface area (Å²) in [6, 6.07) is 0.385. The standard InChI is InChI=1S/C12H26N2/c1-9(2)7-6-8-11(5)14-12(13)10(3)4/h9-11H,6-8H2,1-5H3,(H2,13,14). The van der Waals surface area contributed by atoms with Crippen molar-refractivity contribution in [3.05, 3.63) is 0 Å². The fraction of sp³-hybridized carbons (Fsp3) is 0.917. The maximum Gasteiger partial charge on any atom is 0.0966 e. The molecule has 0 bridgehead atoms. The van der Waals surface area contributed by atoms with E-state index >= 15 is 0 Å². The van der Waals surface area contributed by atoms with Gasteiger partial charge in [-0.25, -0.2) is 0 Å². The van der Waals surface area contributed by atoms with Crippen LogP contribution < -0.4 is 5.73 Å². The van der Waals surface area contributed by atoms with Crippen molar-refractivity contribution < 1.29 is 0 Å². The second-order valence-electron chi connectivity index (χ2n) is 4.88. The predicted octanol–water partition coefficient (Wildman–Crippen LogP) is 3.21. The van der Waals surface area contributed by atoms with Crippen LogP contribution in [0.3, 0.4) is 0 Å². The van der Waals surface area contributed by atoms with Crippen LogP contribution in [0.2, 0.25) is 0 Å². The van der Waals surface area contributed by atoms with E-state index in [2.05, 4.69) is 39.6 Å². The van der Waals surface area contributed by atoms with E-state index in [1.54, 1.807) is 0 Å². The summed E-state index contributed by atoms with van der Waals surface area (Å²) in [5.41, 5.74) is 5.80. The van der Waals surface area contributed by atoms with Crippen LogP contribution in [0, 0.1) is 11.8 Å². The first kappa shape index (κ1) is 13.5. The number of nitrogens with zero attached hydrogens (tertiary/aromatic N) is 1. The molecule has 0 aromatic heterocycles. The van der Waals surface area contributed by atoms with Crippen molar-refractivity contribution in [2.24, 2.45) is 22.6 Å². The molecule has 0 aromatic carbocycles. The third kappa shape index (κ3) is 6.93. The summed E-state index contributed by atoms with van der Waals surface area (Å²) in [4.78, 5) is 4.47. The van der Waals surface area contributed by atoms with Crippen LogP contribution in [0.15, 0.2) is 4.99 Å². The zero-order valence-electron chi connectivity index (χ0n) is 10.4. The fourth-order valence-corrected chi connectivity index (χ4v) is 1.29. The Kier molecular flexibility index (Phi) is 6.60. The lowest BCUT2D eigenvalue weighted by Crippen LogP contribution is -2.21. The zero-order chi connectivity index (χ0) is 11.1. The summed E-state index contributed by atoms with van der Waals surface area (Å²) in [5, 5.41) is 0. The van der Waals surface area contributed by atoms with Gasteiger partial charge in [-0.15, -0.1) is 0 Å². The Balaban J connectivity index is 3.74. The largest absolute Gasteiger partial charge is 0.387 e. The minimum absolute atomic E-state index is 0.377. The third-order valence-electron chi connectivity index (χ3n) is 2.36. The van der Waals surface area contributed by atoms with Crippen molar-refractivity contribution in [2.75, 3.05) is 0 Å².